The molecule has 2 aromatic carbocycles. The van der Waals surface area contributed by atoms with Crippen LogP contribution in [0.15, 0.2) is 59.6 Å². The van der Waals surface area contributed by atoms with E-state index in [-0.39, 0.29) is 24.0 Å². The molecule has 3 rings (SSSR count). The number of hydrogen-bond acceptors (Lipinski definition) is 5. The number of amides is 1. The zero-order valence-corrected chi connectivity index (χ0v) is 20.0. The van der Waals surface area contributed by atoms with Crippen LogP contribution in [-0.2, 0) is 21.2 Å². The molecule has 0 atom stereocenters. The average molecular weight is 471 g/mol. The summed E-state index contributed by atoms with van der Waals surface area (Å²) >= 11 is 0. The van der Waals surface area contributed by atoms with Gasteiger partial charge in [0.2, 0.25) is 10.0 Å². The molecule has 9 heteroatoms. The molecule has 1 aromatic heterocycles. The van der Waals surface area contributed by atoms with Crippen molar-refractivity contribution >= 4 is 15.9 Å². The molecule has 176 valence electrons. The second-order valence-electron chi connectivity index (χ2n) is 7.75. The minimum atomic E-state index is -3.71. The third kappa shape index (κ3) is 6.50. The van der Waals surface area contributed by atoms with Gasteiger partial charge in [0.15, 0.2) is 0 Å². The predicted octanol–water partition coefficient (Wildman–Crippen LogP) is 2.78. The lowest BCUT2D eigenvalue weighted by molar-refractivity contribution is 0.0952. The number of sulfonamides is 1. The molecule has 2 N–H and O–H groups in total. The summed E-state index contributed by atoms with van der Waals surface area (Å²) in [4.78, 5) is 12.8. The summed E-state index contributed by atoms with van der Waals surface area (Å²) < 4.78 is 34.1. The monoisotopic (exact) mass is 470 g/mol. The topological polar surface area (TPSA) is 102 Å². The van der Waals surface area contributed by atoms with Crippen molar-refractivity contribution in [2.75, 3.05) is 26.8 Å². The number of aryl methyl sites for hydroxylation is 3. The number of hydrogen-bond donors (Lipinski definition) is 2. The Labute approximate surface area is 195 Å². The Bertz CT molecular complexity index is 1190. The molecule has 0 bridgehead atoms. The minimum Gasteiger partial charge on any atom is -0.383 e. The summed E-state index contributed by atoms with van der Waals surface area (Å²) in [6.07, 6.45) is 3.53. The number of nitrogens with one attached hydrogen (secondary N) is 2. The number of benzene rings is 2. The molecule has 8 nitrogen and oxygen atoms in total. The number of ether oxygens (including phenoxy) is 1. The maximum atomic E-state index is 12.7. The summed E-state index contributed by atoms with van der Waals surface area (Å²) in [5.74, 6) is -0.293. The first-order valence-electron chi connectivity index (χ1n) is 10.8. The summed E-state index contributed by atoms with van der Waals surface area (Å²) in [7, 11) is -2.21. The number of nitrogens with zero attached hydrogens (tertiary/aromatic N) is 2. The largest absolute Gasteiger partial charge is 0.383 e. The quantitative estimate of drug-likeness (QED) is 0.420. The normalized spacial score (nSPS) is 11.5. The van der Waals surface area contributed by atoms with Gasteiger partial charge in [-0.2, -0.15) is 5.10 Å². The highest BCUT2D eigenvalue weighted by molar-refractivity contribution is 7.89. The smallest absolute Gasteiger partial charge is 0.251 e. The first-order chi connectivity index (χ1) is 15.8. The van der Waals surface area contributed by atoms with E-state index in [1.807, 2.05) is 48.1 Å². The average Bonchev–Trinajstić information content (AvgIpc) is 3.18. The molecular formula is C24H30N4O4S. The van der Waals surface area contributed by atoms with E-state index in [0.717, 1.165) is 29.8 Å². The third-order valence-electron chi connectivity index (χ3n) is 5.29. The molecule has 0 aliphatic rings. The summed E-state index contributed by atoms with van der Waals surface area (Å²) in [5, 5.41) is 7.47. The minimum absolute atomic E-state index is 0.0540. The van der Waals surface area contributed by atoms with E-state index in [1.54, 1.807) is 13.0 Å². The van der Waals surface area contributed by atoms with Gasteiger partial charge in [-0.05, 0) is 62.1 Å². The third-order valence-corrected chi connectivity index (χ3v) is 6.75. The Balaban J connectivity index is 1.58. The van der Waals surface area contributed by atoms with Crippen molar-refractivity contribution in [1.29, 1.82) is 0 Å². The lowest BCUT2D eigenvalue weighted by Gasteiger charge is -2.11. The fourth-order valence-corrected chi connectivity index (χ4v) is 4.44. The summed E-state index contributed by atoms with van der Waals surface area (Å²) in [5.41, 5.74) is 4.14. The molecule has 3 aromatic rings. The second-order valence-corrected chi connectivity index (χ2v) is 9.51. The van der Waals surface area contributed by atoms with Crippen LogP contribution in [0.4, 0.5) is 0 Å². The van der Waals surface area contributed by atoms with E-state index < -0.39 is 10.0 Å². The SMILES string of the molecule is COCCNS(=O)(=O)c1ccc(C)c(C(=O)NCCCc2cn(-c3ccccc3)nc2C)c1. The van der Waals surface area contributed by atoms with Crippen LogP contribution in [-0.4, -0.2) is 50.9 Å². The predicted molar refractivity (Wildman–Crippen MR) is 127 cm³/mol. The number of aromatic nitrogens is 2. The maximum absolute atomic E-state index is 12.7. The van der Waals surface area contributed by atoms with Crippen molar-refractivity contribution in [3.63, 3.8) is 0 Å². The van der Waals surface area contributed by atoms with E-state index >= 15 is 0 Å². The molecule has 0 saturated carbocycles. The van der Waals surface area contributed by atoms with Crippen LogP contribution in [0.5, 0.6) is 0 Å². The van der Waals surface area contributed by atoms with E-state index in [9.17, 15) is 13.2 Å². The van der Waals surface area contributed by atoms with E-state index in [2.05, 4.69) is 15.1 Å². The number of carbonyl (C=O) groups excluding carboxylic acids is 1. The van der Waals surface area contributed by atoms with Crippen LogP contribution in [0.2, 0.25) is 0 Å². The van der Waals surface area contributed by atoms with E-state index in [0.29, 0.717) is 17.7 Å². The van der Waals surface area contributed by atoms with Crippen LogP contribution >= 0.6 is 0 Å². The molecule has 0 radical (unpaired) electrons. The Morgan fingerprint density at radius 3 is 2.58 bits per heavy atom. The summed E-state index contributed by atoms with van der Waals surface area (Å²) in [6.45, 7) is 4.66. The molecule has 33 heavy (non-hydrogen) atoms. The number of rotatable bonds is 11. The number of methoxy groups -OCH3 is 1. The molecule has 0 fully saturated rings. The van der Waals surface area contributed by atoms with Crippen LogP contribution in [0, 0.1) is 13.8 Å². The zero-order chi connectivity index (χ0) is 23.8. The Morgan fingerprint density at radius 1 is 1.09 bits per heavy atom. The van der Waals surface area contributed by atoms with Gasteiger partial charge < -0.3 is 10.1 Å². The van der Waals surface area contributed by atoms with Gasteiger partial charge in [0.25, 0.3) is 5.91 Å². The van der Waals surface area contributed by atoms with E-state index in [1.165, 1.54) is 19.2 Å². The van der Waals surface area contributed by atoms with Crippen LogP contribution < -0.4 is 10.0 Å². The van der Waals surface area contributed by atoms with Gasteiger partial charge in [-0.15, -0.1) is 0 Å². The molecule has 1 heterocycles. The van der Waals surface area contributed by atoms with Gasteiger partial charge in [0.1, 0.15) is 0 Å². The lowest BCUT2D eigenvalue weighted by Crippen LogP contribution is -2.28. The molecule has 0 spiro atoms. The van der Waals surface area contributed by atoms with Gasteiger partial charge in [-0.1, -0.05) is 24.3 Å². The first kappa shape index (κ1) is 24.6. The summed E-state index contributed by atoms with van der Waals surface area (Å²) in [6, 6.07) is 14.5. The lowest BCUT2D eigenvalue weighted by atomic mass is 10.1. The Kier molecular flexibility index (Phi) is 8.37. The van der Waals surface area contributed by atoms with Crippen molar-refractivity contribution < 1.29 is 17.9 Å². The fraction of sp³-hybridized carbons (Fsp3) is 0.333. The van der Waals surface area contributed by atoms with Crippen LogP contribution in [0.3, 0.4) is 0 Å². The zero-order valence-electron chi connectivity index (χ0n) is 19.2. The second kappa shape index (κ2) is 11.2. The molecule has 0 aliphatic heterocycles. The van der Waals surface area contributed by atoms with Gasteiger partial charge in [0.05, 0.1) is 22.9 Å². The highest BCUT2D eigenvalue weighted by Crippen LogP contribution is 2.16. The Morgan fingerprint density at radius 2 is 1.85 bits per heavy atom. The van der Waals surface area contributed by atoms with Crippen molar-refractivity contribution in [2.24, 2.45) is 0 Å². The molecular weight excluding hydrogens is 440 g/mol. The van der Waals surface area contributed by atoms with Crippen LogP contribution in [0.25, 0.3) is 5.69 Å². The van der Waals surface area contributed by atoms with Crippen molar-refractivity contribution in [2.45, 2.75) is 31.6 Å². The van der Waals surface area contributed by atoms with Gasteiger partial charge in [-0.3, -0.25) is 4.79 Å². The molecule has 0 saturated heterocycles. The van der Waals surface area contributed by atoms with E-state index in [4.69, 9.17) is 4.74 Å². The first-order valence-corrected chi connectivity index (χ1v) is 12.3. The van der Waals surface area contributed by atoms with Crippen molar-refractivity contribution in [1.82, 2.24) is 19.8 Å². The van der Waals surface area contributed by atoms with Gasteiger partial charge in [-0.25, -0.2) is 17.8 Å². The fourth-order valence-electron chi connectivity index (χ4n) is 3.40. The molecule has 1 amide bonds. The number of carbonyl (C=O) groups is 1. The molecule has 0 unspecified atom stereocenters. The Hall–Kier alpha value is -3.01. The highest BCUT2D eigenvalue weighted by Gasteiger charge is 2.17. The molecule has 0 aliphatic carbocycles. The highest BCUT2D eigenvalue weighted by atomic mass is 32.2. The van der Waals surface area contributed by atoms with Gasteiger partial charge in [0, 0.05) is 32.0 Å². The maximum Gasteiger partial charge on any atom is 0.251 e. The van der Waals surface area contributed by atoms with Crippen molar-refractivity contribution in [3.05, 3.63) is 77.1 Å². The standard InChI is InChI=1S/C24H30N4O4S/c1-18-11-12-22(33(30,31)26-14-15-32-3)16-23(18)24(29)25-13-7-8-20-17-28(27-19(20)2)21-9-5-4-6-10-21/h4-6,9-12,16-17,26H,7-8,13-15H2,1-3H3,(H,25,29). The van der Waals surface area contributed by atoms with Crippen molar-refractivity contribution in [3.8, 4) is 5.69 Å². The van der Waals surface area contributed by atoms with Gasteiger partial charge >= 0.3 is 0 Å². The number of para-hydroxylation sites is 1. The van der Waals surface area contributed by atoms with Crippen LogP contribution in [0.1, 0.15) is 33.6 Å².